The molecule has 2 atom stereocenters. The molecule has 186 valence electrons. The second-order valence-electron chi connectivity index (χ2n) is 9.18. The van der Waals surface area contributed by atoms with E-state index in [9.17, 15) is 9.90 Å². The van der Waals surface area contributed by atoms with Gasteiger partial charge in [-0.3, -0.25) is 4.79 Å². The molecule has 36 heavy (non-hydrogen) atoms. The van der Waals surface area contributed by atoms with Gasteiger partial charge in [-0.15, -0.1) is 0 Å². The van der Waals surface area contributed by atoms with E-state index in [0.717, 1.165) is 39.6 Å². The molecule has 7 nitrogen and oxygen atoms in total. The highest BCUT2D eigenvalue weighted by molar-refractivity contribution is 5.96. The van der Waals surface area contributed by atoms with Crippen molar-refractivity contribution in [2.45, 2.75) is 38.8 Å². The maximum absolute atomic E-state index is 13.0. The summed E-state index contributed by atoms with van der Waals surface area (Å²) in [5.74, 6) is 2.31. The monoisotopic (exact) mass is 485 g/mol. The SMILES string of the molecule is CCOc1ccc(N2C[C@@H](c3nc4ccccc4n3C[C@@H](O)COc3cccc(C)c3)CC2=O)cc1. The smallest absolute Gasteiger partial charge is 0.227 e. The van der Waals surface area contributed by atoms with Crippen molar-refractivity contribution in [3.63, 3.8) is 0 Å². The molecule has 0 unspecified atom stereocenters. The molecule has 0 saturated carbocycles. The topological polar surface area (TPSA) is 76.8 Å². The quantitative estimate of drug-likeness (QED) is 0.372. The molecular weight excluding hydrogens is 454 g/mol. The normalized spacial score (nSPS) is 16.5. The Labute approximate surface area is 210 Å². The molecule has 1 aliphatic rings. The molecule has 1 saturated heterocycles. The molecular formula is C29H31N3O4. The Hall–Kier alpha value is -3.84. The third-order valence-electron chi connectivity index (χ3n) is 6.46. The van der Waals surface area contributed by atoms with Crippen LogP contribution in [-0.4, -0.2) is 46.4 Å². The van der Waals surface area contributed by atoms with E-state index in [1.807, 2.05) is 91.2 Å². The molecule has 0 aliphatic carbocycles. The summed E-state index contributed by atoms with van der Waals surface area (Å²) >= 11 is 0. The molecule has 0 radical (unpaired) electrons. The summed E-state index contributed by atoms with van der Waals surface area (Å²) in [6.45, 7) is 5.58. The van der Waals surface area contributed by atoms with Gasteiger partial charge in [-0.2, -0.15) is 0 Å². The van der Waals surface area contributed by atoms with Gasteiger partial charge in [0.2, 0.25) is 5.91 Å². The highest BCUT2D eigenvalue weighted by Crippen LogP contribution is 2.34. The molecule has 0 bridgehead atoms. The second-order valence-corrected chi connectivity index (χ2v) is 9.18. The Balaban J connectivity index is 1.35. The summed E-state index contributed by atoms with van der Waals surface area (Å²) in [6.07, 6.45) is -0.368. The third-order valence-corrected chi connectivity index (χ3v) is 6.46. The van der Waals surface area contributed by atoms with Crippen LogP contribution in [0.25, 0.3) is 11.0 Å². The van der Waals surface area contributed by atoms with E-state index in [4.69, 9.17) is 14.5 Å². The lowest BCUT2D eigenvalue weighted by molar-refractivity contribution is -0.117. The molecule has 4 aromatic rings. The number of aliphatic hydroxyl groups excluding tert-OH is 1. The molecule has 1 aromatic heterocycles. The predicted octanol–water partition coefficient (Wildman–Crippen LogP) is 4.70. The minimum atomic E-state index is -0.735. The summed E-state index contributed by atoms with van der Waals surface area (Å²) in [5, 5.41) is 10.9. The number of para-hydroxylation sites is 2. The lowest BCUT2D eigenvalue weighted by Gasteiger charge is -2.19. The summed E-state index contributed by atoms with van der Waals surface area (Å²) in [7, 11) is 0. The zero-order valence-corrected chi connectivity index (χ0v) is 20.6. The van der Waals surface area contributed by atoms with E-state index < -0.39 is 6.10 Å². The lowest BCUT2D eigenvalue weighted by atomic mass is 10.1. The fourth-order valence-corrected chi connectivity index (χ4v) is 4.78. The molecule has 1 fully saturated rings. The van der Waals surface area contributed by atoms with E-state index in [2.05, 4.69) is 0 Å². The minimum absolute atomic E-state index is 0.0612. The molecule has 2 heterocycles. The lowest BCUT2D eigenvalue weighted by Crippen LogP contribution is -2.26. The Morgan fingerprint density at radius 2 is 1.83 bits per heavy atom. The van der Waals surface area contributed by atoms with Crippen molar-refractivity contribution in [3.8, 4) is 11.5 Å². The number of carbonyl (C=O) groups is 1. The number of benzene rings is 3. The van der Waals surface area contributed by atoms with Gasteiger partial charge in [0.15, 0.2) is 0 Å². The van der Waals surface area contributed by atoms with Crippen molar-refractivity contribution in [1.82, 2.24) is 9.55 Å². The van der Waals surface area contributed by atoms with Gasteiger partial charge >= 0.3 is 0 Å². The molecule has 5 rings (SSSR count). The van der Waals surface area contributed by atoms with Crippen LogP contribution >= 0.6 is 0 Å². The van der Waals surface area contributed by atoms with Crippen molar-refractivity contribution in [3.05, 3.63) is 84.2 Å². The van der Waals surface area contributed by atoms with Gasteiger partial charge in [-0.25, -0.2) is 4.98 Å². The number of aryl methyl sites for hydroxylation is 1. The van der Waals surface area contributed by atoms with Crippen LogP contribution in [0.1, 0.15) is 30.7 Å². The fourth-order valence-electron chi connectivity index (χ4n) is 4.78. The zero-order chi connectivity index (χ0) is 25.1. The number of imidazole rings is 1. The minimum Gasteiger partial charge on any atom is -0.494 e. The van der Waals surface area contributed by atoms with Crippen LogP contribution in [0.3, 0.4) is 0 Å². The highest BCUT2D eigenvalue weighted by Gasteiger charge is 2.35. The number of aromatic nitrogens is 2. The predicted molar refractivity (Wildman–Crippen MR) is 140 cm³/mol. The Morgan fingerprint density at radius 1 is 1.03 bits per heavy atom. The molecule has 1 N–H and O–H groups in total. The average molecular weight is 486 g/mol. The number of aliphatic hydroxyl groups is 1. The zero-order valence-electron chi connectivity index (χ0n) is 20.6. The largest absolute Gasteiger partial charge is 0.494 e. The van der Waals surface area contributed by atoms with E-state index in [1.54, 1.807) is 4.90 Å². The number of ether oxygens (including phenoxy) is 2. The maximum Gasteiger partial charge on any atom is 0.227 e. The highest BCUT2D eigenvalue weighted by atomic mass is 16.5. The molecule has 7 heteroatoms. The summed E-state index contributed by atoms with van der Waals surface area (Å²) in [5.41, 5.74) is 3.74. The van der Waals surface area contributed by atoms with E-state index in [-0.39, 0.29) is 18.4 Å². The van der Waals surface area contributed by atoms with Gasteiger partial charge in [0.05, 0.1) is 24.2 Å². The van der Waals surface area contributed by atoms with Crippen molar-refractivity contribution < 1.29 is 19.4 Å². The van der Waals surface area contributed by atoms with Crippen LogP contribution in [0.2, 0.25) is 0 Å². The second kappa shape index (κ2) is 10.4. The fraction of sp³-hybridized carbons (Fsp3) is 0.310. The third kappa shape index (κ3) is 5.06. The van der Waals surface area contributed by atoms with Crippen molar-refractivity contribution in [1.29, 1.82) is 0 Å². The molecule has 3 aromatic carbocycles. The van der Waals surface area contributed by atoms with Crippen molar-refractivity contribution >= 4 is 22.6 Å². The van der Waals surface area contributed by atoms with Gasteiger partial charge in [-0.1, -0.05) is 24.3 Å². The number of nitrogens with zero attached hydrogens (tertiary/aromatic N) is 3. The standard InChI is InChI=1S/C29H31N3O4/c1-3-35-24-13-11-22(12-14-24)31-17-21(16-28(31)34)29-30-26-9-4-5-10-27(26)32(29)18-23(33)19-36-25-8-6-7-20(2)15-25/h4-15,21,23,33H,3,16-19H2,1-2H3/t21-,23+/m0/s1. The Morgan fingerprint density at radius 3 is 2.61 bits per heavy atom. The van der Waals surface area contributed by atoms with Crippen LogP contribution in [0, 0.1) is 6.92 Å². The average Bonchev–Trinajstić information content (AvgIpc) is 3.44. The van der Waals surface area contributed by atoms with Crippen LogP contribution in [0.5, 0.6) is 11.5 Å². The number of hydrogen-bond donors (Lipinski definition) is 1. The first-order chi connectivity index (χ1) is 17.5. The first-order valence-corrected chi connectivity index (χ1v) is 12.4. The van der Waals surface area contributed by atoms with Crippen LogP contribution in [0.15, 0.2) is 72.8 Å². The number of anilines is 1. The van der Waals surface area contributed by atoms with E-state index in [0.29, 0.717) is 26.1 Å². The van der Waals surface area contributed by atoms with Gasteiger partial charge in [-0.05, 0) is 67.9 Å². The molecule has 1 amide bonds. The number of rotatable bonds is 9. The Kier molecular flexibility index (Phi) is 6.91. The van der Waals surface area contributed by atoms with Gasteiger partial charge < -0.3 is 24.0 Å². The molecule has 1 aliphatic heterocycles. The van der Waals surface area contributed by atoms with Crippen molar-refractivity contribution in [2.24, 2.45) is 0 Å². The van der Waals surface area contributed by atoms with Gasteiger partial charge in [0.1, 0.15) is 30.0 Å². The van der Waals surface area contributed by atoms with E-state index in [1.165, 1.54) is 0 Å². The summed E-state index contributed by atoms with van der Waals surface area (Å²) in [4.78, 5) is 19.7. The van der Waals surface area contributed by atoms with E-state index >= 15 is 0 Å². The number of fused-ring (bicyclic) bond motifs is 1. The van der Waals surface area contributed by atoms with Crippen LogP contribution in [-0.2, 0) is 11.3 Å². The number of amides is 1. The van der Waals surface area contributed by atoms with Gasteiger partial charge in [0.25, 0.3) is 0 Å². The van der Waals surface area contributed by atoms with Gasteiger partial charge in [0, 0.05) is 24.6 Å². The maximum atomic E-state index is 13.0. The first kappa shape index (κ1) is 23.9. The summed E-state index contributed by atoms with van der Waals surface area (Å²) < 4.78 is 13.4. The summed E-state index contributed by atoms with van der Waals surface area (Å²) in [6, 6.07) is 23.3. The first-order valence-electron chi connectivity index (χ1n) is 12.4. The molecule has 0 spiro atoms. The number of hydrogen-bond acceptors (Lipinski definition) is 5. The van der Waals surface area contributed by atoms with Crippen LogP contribution < -0.4 is 14.4 Å². The number of carbonyl (C=O) groups excluding carboxylic acids is 1. The van der Waals surface area contributed by atoms with Crippen molar-refractivity contribution in [2.75, 3.05) is 24.7 Å². The van der Waals surface area contributed by atoms with Crippen LogP contribution in [0.4, 0.5) is 5.69 Å². The Bertz CT molecular complexity index is 1350.